The number of ether oxygens (including phenoxy) is 2. The Morgan fingerprint density at radius 2 is 1.95 bits per heavy atom. The monoisotopic (exact) mass is 265 g/mol. The van der Waals surface area contributed by atoms with Crippen LogP contribution in [-0.2, 0) is 16.1 Å². The number of carbonyl (C=O) groups is 1. The Hall–Kier alpha value is -1.55. The molecule has 1 aromatic carbocycles. The first-order chi connectivity index (χ1) is 8.69. The molecule has 0 bridgehead atoms. The first-order valence-electron chi connectivity index (χ1n) is 6.42. The number of nitrogens with two attached hydrogens (primary N) is 1. The third-order valence-electron chi connectivity index (χ3n) is 2.35. The molecule has 0 aliphatic heterocycles. The van der Waals surface area contributed by atoms with Crippen molar-refractivity contribution in [2.24, 2.45) is 0 Å². The van der Waals surface area contributed by atoms with E-state index in [0.717, 1.165) is 5.56 Å². The number of rotatable bonds is 4. The summed E-state index contributed by atoms with van der Waals surface area (Å²) in [4.78, 5) is 11.9. The minimum Gasteiger partial charge on any atom is -0.459 e. The lowest BCUT2D eigenvalue weighted by Gasteiger charge is -2.20. The minimum atomic E-state index is -0.398. The Balaban J connectivity index is 2.85. The minimum absolute atomic E-state index is 0.165. The van der Waals surface area contributed by atoms with Gasteiger partial charge < -0.3 is 15.2 Å². The third-order valence-corrected chi connectivity index (χ3v) is 2.35. The zero-order valence-corrected chi connectivity index (χ0v) is 12.3. The lowest BCUT2D eigenvalue weighted by Crippen LogP contribution is -2.19. The van der Waals surface area contributed by atoms with E-state index in [0.29, 0.717) is 17.9 Å². The predicted octanol–water partition coefficient (Wildman–Crippen LogP) is 3.15. The van der Waals surface area contributed by atoms with Crippen LogP contribution in [-0.4, -0.2) is 17.7 Å². The van der Waals surface area contributed by atoms with Gasteiger partial charge in [0.05, 0.1) is 23.9 Å². The summed E-state index contributed by atoms with van der Waals surface area (Å²) in [5.74, 6) is -0.398. The molecule has 0 atom stereocenters. The van der Waals surface area contributed by atoms with E-state index in [1.54, 1.807) is 26.0 Å². The van der Waals surface area contributed by atoms with E-state index in [4.69, 9.17) is 15.2 Å². The molecule has 0 saturated carbocycles. The van der Waals surface area contributed by atoms with Gasteiger partial charge in [-0.15, -0.1) is 0 Å². The van der Waals surface area contributed by atoms with Gasteiger partial charge in [-0.25, -0.2) is 4.79 Å². The SMILES string of the molecule is CC(C)OC(=O)c1cc(COC(C)(C)C)ccc1N. The standard InChI is InChI=1S/C15H23NO3/c1-10(2)19-14(17)12-8-11(6-7-13(12)16)9-18-15(3,4)5/h6-8,10H,9,16H2,1-5H3. The molecule has 0 aromatic heterocycles. The molecule has 0 heterocycles. The molecule has 0 unspecified atom stereocenters. The highest BCUT2D eigenvalue weighted by molar-refractivity contribution is 5.95. The number of benzene rings is 1. The van der Waals surface area contributed by atoms with Gasteiger partial charge in [0.1, 0.15) is 0 Å². The fraction of sp³-hybridized carbons (Fsp3) is 0.533. The first kappa shape index (κ1) is 15.5. The fourth-order valence-corrected chi connectivity index (χ4v) is 1.45. The van der Waals surface area contributed by atoms with E-state index in [-0.39, 0.29) is 11.7 Å². The highest BCUT2D eigenvalue weighted by atomic mass is 16.5. The second-order valence-corrected chi connectivity index (χ2v) is 5.78. The van der Waals surface area contributed by atoms with Crippen LogP contribution in [0.4, 0.5) is 5.69 Å². The van der Waals surface area contributed by atoms with Gasteiger partial charge in [0.15, 0.2) is 0 Å². The number of nitrogen functional groups attached to an aromatic ring is 1. The Morgan fingerprint density at radius 1 is 1.32 bits per heavy atom. The second kappa shape index (κ2) is 6.06. The molecule has 1 aromatic rings. The van der Waals surface area contributed by atoms with Gasteiger partial charge in [0, 0.05) is 5.69 Å². The van der Waals surface area contributed by atoms with Crippen molar-refractivity contribution in [3.8, 4) is 0 Å². The van der Waals surface area contributed by atoms with Crippen molar-refractivity contribution in [3.63, 3.8) is 0 Å². The largest absolute Gasteiger partial charge is 0.459 e. The summed E-state index contributed by atoms with van der Waals surface area (Å²) >= 11 is 0. The molecule has 4 nitrogen and oxygen atoms in total. The Bertz CT molecular complexity index is 447. The van der Waals surface area contributed by atoms with Gasteiger partial charge in [-0.3, -0.25) is 0 Å². The normalized spacial score (nSPS) is 11.7. The molecule has 106 valence electrons. The van der Waals surface area contributed by atoms with Crippen LogP contribution in [0.1, 0.15) is 50.5 Å². The number of hydrogen-bond donors (Lipinski definition) is 1. The molecule has 2 N–H and O–H groups in total. The van der Waals surface area contributed by atoms with Gasteiger partial charge in [0.2, 0.25) is 0 Å². The average molecular weight is 265 g/mol. The van der Waals surface area contributed by atoms with Crippen molar-refractivity contribution in [2.75, 3.05) is 5.73 Å². The second-order valence-electron chi connectivity index (χ2n) is 5.78. The summed E-state index contributed by atoms with van der Waals surface area (Å²) in [6, 6.07) is 5.29. The summed E-state index contributed by atoms with van der Waals surface area (Å²) in [7, 11) is 0. The fourth-order valence-electron chi connectivity index (χ4n) is 1.45. The average Bonchev–Trinajstić information content (AvgIpc) is 2.25. The van der Waals surface area contributed by atoms with E-state index in [1.165, 1.54) is 0 Å². The lowest BCUT2D eigenvalue weighted by atomic mass is 10.1. The van der Waals surface area contributed by atoms with Crippen LogP contribution in [0, 0.1) is 0 Å². The molecule has 0 amide bonds. The van der Waals surface area contributed by atoms with Crippen LogP contribution in [0.2, 0.25) is 0 Å². The van der Waals surface area contributed by atoms with E-state index >= 15 is 0 Å². The smallest absolute Gasteiger partial charge is 0.340 e. The number of carbonyl (C=O) groups excluding carboxylic acids is 1. The van der Waals surface area contributed by atoms with E-state index in [9.17, 15) is 4.79 Å². The van der Waals surface area contributed by atoms with Crippen molar-refractivity contribution in [2.45, 2.75) is 52.9 Å². The molecule has 0 fully saturated rings. The van der Waals surface area contributed by atoms with Crippen LogP contribution >= 0.6 is 0 Å². The van der Waals surface area contributed by atoms with Gasteiger partial charge in [0.25, 0.3) is 0 Å². The summed E-state index contributed by atoms with van der Waals surface area (Å²) in [6.45, 7) is 10.0. The van der Waals surface area contributed by atoms with Gasteiger partial charge in [-0.1, -0.05) is 6.07 Å². The van der Waals surface area contributed by atoms with Crippen molar-refractivity contribution in [3.05, 3.63) is 29.3 Å². The third kappa shape index (κ3) is 5.30. The zero-order valence-electron chi connectivity index (χ0n) is 12.3. The first-order valence-corrected chi connectivity index (χ1v) is 6.42. The van der Waals surface area contributed by atoms with E-state index in [2.05, 4.69) is 0 Å². The molecule has 1 rings (SSSR count). The molecule has 0 spiro atoms. The summed E-state index contributed by atoms with van der Waals surface area (Å²) in [6.07, 6.45) is -0.165. The van der Waals surface area contributed by atoms with Crippen molar-refractivity contribution in [1.82, 2.24) is 0 Å². The van der Waals surface area contributed by atoms with Gasteiger partial charge >= 0.3 is 5.97 Å². The van der Waals surface area contributed by atoms with Gasteiger partial charge in [-0.05, 0) is 52.3 Å². The van der Waals surface area contributed by atoms with Crippen LogP contribution in [0.15, 0.2) is 18.2 Å². The summed E-state index contributed by atoms with van der Waals surface area (Å²) in [5, 5.41) is 0. The van der Waals surface area contributed by atoms with Crippen LogP contribution in [0.5, 0.6) is 0 Å². The van der Waals surface area contributed by atoms with Crippen molar-refractivity contribution >= 4 is 11.7 Å². The Kier molecular flexibility index (Phi) is 4.95. The highest BCUT2D eigenvalue weighted by Gasteiger charge is 2.15. The van der Waals surface area contributed by atoms with E-state index in [1.807, 2.05) is 26.8 Å². The van der Waals surface area contributed by atoms with Gasteiger partial charge in [-0.2, -0.15) is 0 Å². The zero-order chi connectivity index (χ0) is 14.6. The quantitative estimate of drug-likeness (QED) is 0.671. The number of hydrogen-bond acceptors (Lipinski definition) is 4. The molecule has 0 saturated heterocycles. The molecule has 0 aliphatic carbocycles. The van der Waals surface area contributed by atoms with Crippen LogP contribution < -0.4 is 5.73 Å². The molecular formula is C15H23NO3. The number of esters is 1. The van der Waals surface area contributed by atoms with Crippen LogP contribution in [0.3, 0.4) is 0 Å². The number of anilines is 1. The molecule has 19 heavy (non-hydrogen) atoms. The lowest BCUT2D eigenvalue weighted by molar-refractivity contribution is -0.0149. The molecule has 0 aliphatic rings. The summed E-state index contributed by atoms with van der Waals surface area (Å²) in [5.41, 5.74) is 7.30. The Labute approximate surface area is 114 Å². The van der Waals surface area contributed by atoms with Crippen molar-refractivity contribution in [1.29, 1.82) is 0 Å². The van der Waals surface area contributed by atoms with Crippen LogP contribution in [0.25, 0.3) is 0 Å². The van der Waals surface area contributed by atoms with E-state index < -0.39 is 5.97 Å². The topological polar surface area (TPSA) is 61.5 Å². The molecule has 4 heteroatoms. The Morgan fingerprint density at radius 3 is 2.47 bits per heavy atom. The summed E-state index contributed by atoms with van der Waals surface area (Å²) < 4.78 is 10.8. The van der Waals surface area contributed by atoms with Crippen molar-refractivity contribution < 1.29 is 14.3 Å². The molecule has 0 radical (unpaired) electrons. The predicted molar refractivity (Wildman–Crippen MR) is 75.9 cm³/mol. The maximum atomic E-state index is 11.9. The molecular weight excluding hydrogens is 242 g/mol. The maximum Gasteiger partial charge on any atom is 0.340 e. The highest BCUT2D eigenvalue weighted by Crippen LogP contribution is 2.18. The maximum absolute atomic E-state index is 11.9.